The van der Waals surface area contributed by atoms with Crippen LogP contribution in [0.5, 0.6) is 0 Å². The Morgan fingerprint density at radius 2 is 1.61 bits per heavy atom. The van der Waals surface area contributed by atoms with Gasteiger partial charge in [-0.3, -0.25) is 28.8 Å². The van der Waals surface area contributed by atoms with Crippen molar-refractivity contribution in [2.75, 3.05) is 19.7 Å². The number of carbonyl (C=O) groups excluding carboxylic acids is 2. The monoisotopic (exact) mass is 522 g/mol. The van der Waals surface area contributed by atoms with Crippen LogP contribution in [0.3, 0.4) is 0 Å². The molecule has 0 aliphatic carbocycles. The molecule has 0 saturated carbocycles. The summed E-state index contributed by atoms with van der Waals surface area (Å²) in [5.74, 6) is -0.531. The fourth-order valence-corrected chi connectivity index (χ4v) is 5.28. The topological polar surface area (TPSA) is 154 Å². The highest BCUT2D eigenvalue weighted by atomic mass is 16.5. The molecule has 2 aliphatic heterocycles. The maximum atomic E-state index is 13.0. The Bertz CT molecular complexity index is 1410. The summed E-state index contributed by atoms with van der Waals surface area (Å²) in [5, 5.41) is 24.9. The number of amides is 2. The highest BCUT2D eigenvalue weighted by molar-refractivity contribution is 6.25. The van der Waals surface area contributed by atoms with Crippen LogP contribution in [0.2, 0.25) is 0 Å². The first kappa shape index (κ1) is 26.0. The third-order valence-electron chi connectivity index (χ3n) is 7.22. The third-order valence-corrected chi connectivity index (χ3v) is 7.22. The normalized spacial score (nSPS) is 22.9. The molecule has 0 radical (unpaired) electrons. The second-order valence-electron chi connectivity index (χ2n) is 9.62. The van der Waals surface area contributed by atoms with E-state index < -0.39 is 42.3 Å². The van der Waals surface area contributed by atoms with Crippen LogP contribution in [0.1, 0.15) is 52.6 Å². The standard InChI is InChI=1S/C27H30N4O7/c32-15-19-23(34)22(26(38-19)31-14-11-20(33)29-27(31)37)28-12-3-1-2-4-13-30-24(35)17-9-5-7-16-8-6-10-18(21(16)17)25(30)36/h5-11,14,19,22-23,26,28,32,34H,1-4,12-13,15H2,(H,29,33,37)/t19-,22-,23-,26-/m1/s1. The Hall–Kier alpha value is -3.64. The number of imide groups is 1. The SMILES string of the molecule is O=C1c2cccc3cccc(c23)C(=O)N1CCCCCCN[C@@H]1[C@H](O)[C@@H](CO)O[C@H]1n1ccc(=O)[nH]c1=O. The van der Waals surface area contributed by atoms with Crippen LogP contribution < -0.4 is 16.6 Å². The van der Waals surface area contributed by atoms with Gasteiger partial charge in [0.05, 0.1) is 12.6 Å². The number of aromatic nitrogens is 2. The molecule has 38 heavy (non-hydrogen) atoms. The van der Waals surface area contributed by atoms with Gasteiger partial charge in [0.25, 0.3) is 17.4 Å². The second-order valence-corrected chi connectivity index (χ2v) is 9.62. The lowest BCUT2D eigenvalue weighted by Gasteiger charge is -2.27. The molecular weight excluding hydrogens is 492 g/mol. The highest BCUT2D eigenvalue weighted by Crippen LogP contribution is 2.30. The first-order valence-electron chi connectivity index (χ1n) is 12.8. The number of hydrogen-bond donors (Lipinski definition) is 4. The molecule has 2 aromatic carbocycles. The number of aromatic amines is 1. The molecule has 0 unspecified atom stereocenters. The van der Waals surface area contributed by atoms with Crippen molar-refractivity contribution in [1.29, 1.82) is 0 Å². The van der Waals surface area contributed by atoms with Crippen LogP contribution >= 0.6 is 0 Å². The Kier molecular flexibility index (Phi) is 7.52. The van der Waals surface area contributed by atoms with Crippen LogP contribution in [0.25, 0.3) is 10.8 Å². The zero-order chi connectivity index (χ0) is 26.8. The molecule has 4 N–H and O–H groups in total. The van der Waals surface area contributed by atoms with Gasteiger partial charge in [0.2, 0.25) is 0 Å². The van der Waals surface area contributed by atoms with Gasteiger partial charge in [0.15, 0.2) is 6.23 Å². The minimum absolute atomic E-state index is 0.266. The van der Waals surface area contributed by atoms with E-state index in [-0.39, 0.29) is 11.8 Å². The lowest BCUT2D eigenvalue weighted by Crippen LogP contribution is -2.46. The minimum atomic E-state index is -1.05. The molecule has 2 amide bonds. The van der Waals surface area contributed by atoms with Crippen LogP contribution in [0.15, 0.2) is 58.3 Å². The number of ether oxygens (including phenoxy) is 1. The molecule has 5 rings (SSSR count). The fraction of sp³-hybridized carbons (Fsp3) is 0.407. The van der Waals surface area contributed by atoms with Crippen molar-refractivity contribution in [2.24, 2.45) is 0 Å². The first-order chi connectivity index (χ1) is 18.4. The summed E-state index contributed by atoms with van der Waals surface area (Å²) >= 11 is 0. The van der Waals surface area contributed by atoms with Gasteiger partial charge in [0.1, 0.15) is 12.2 Å². The summed E-state index contributed by atoms with van der Waals surface area (Å²) in [5.41, 5.74) is -0.101. The minimum Gasteiger partial charge on any atom is -0.394 e. The van der Waals surface area contributed by atoms with E-state index in [1.54, 1.807) is 12.1 Å². The van der Waals surface area contributed by atoms with E-state index in [1.165, 1.54) is 21.7 Å². The van der Waals surface area contributed by atoms with E-state index in [0.717, 1.165) is 30.0 Å². The van der Waals surface area contributed by atoms with Crippen molar-refractivity contribution in [2.45, 2.75) is 50.2 Å². The molecule has 11 heteroatoms. The van der Waals surface area contributed by atoms with Gasteiger partial charge in [-0.05, 0) is 36.9 Å². The van der Waals surface area contributed by atoms with Crippen LogP contribution in [-0.2, 0) is 4.74 Å². The predicted molar refractivity (Wildman–Crippen MR) is 138 cm³/mol. The average molecular weight is 523 g/mol. The van der Waals surface area contributed by atoms with Crippen molar-refractivity contribution in [1.82, 2.24) is 19.8 Å². The van der Waals surface area contributed by atoms with Crippen molar-refractivity contribution in [3.05, 3.63) is 80.6 Å². The van der Waals surface area contributed by atoms with E-state index in [1.807, 2.05) is 24.3 Å². The fourth-order valence-electron chi connectivity index (χ4n) is 5.28. The Morgan fingerprint density at radius 3 is 2.26 bits per heavy atom. The third kappa shape index (κ3) is 4.81. The second kappa shape index (κ2) is 11.0. The molecule has 2 aliphatic rings. The van der Waals surface area contributed by atoms with E-state index in [4.69, 9.17) is 4.74 Å². The summed E-state index contributed by atoms with van der Waals surface area (Å²) < 4.78 is 6.86. The van der Waals surface area contributed by atoms with Gasteiger partial charge in [-0.25, -0.2) is 4.79 Å². The van der Waals surface area contributed by atoms with Crippen molar-refractivity contribution < 1.29 is 24.5 Å². The number of unbranched alkanes of at least 4 members (excludes halogenated alkanes) is 3. The van der Waals surface area contributed by atoms with Gasteiger partial charge in [-0.2, -0.15) is 0 Å². The number of nitrogens with one attached hydrogen (secondary N) is 2. The number of aliphatic hydroxyl groups excluding tert-OH is 2. The number of nitrogens with zero attached hydrogens (tertiary/aromatic N) is 2. The number of H-pyrrole nitrogens is 1. The van der Waals surface area contributed by atoms with Crippen LogP contribution in [0.4, 0.5) is 0 Å². The molecule has 4 atom stereocenters. The zero-order valence-electron chi connectivity index (χ0n) is 20.7. The van der Waals surface area contributed by atoms with Gasteiger partial charge >= 0.3 is 5.69 Å². The average Bonchev–Trinajstić information content (AvgIpc) is 3.23. The predicted octanol–water partition coefficient (Wildman–Crippen LogP) is 0.755. The Morgan fingerprint density at radius 1 is 0.921 bits per heavy atom. The number of rotatable bonds is 10. The first-order valence-corrected chi connectivity index (χ1v) is 12.8. The largest absolute Gasteiger partial charge is 0.394 e. The number of benzene rings is 2. The van der Waals surface area contributed by atoms with Crippen molar-refractivity contribution in [3.8, 4) is 0 Å². The molecule has 11 nitrogen and oxygen atoms in total. The molecule has 200 valence electrons. The summed E-state index contributed by atoms with van der Waals surface area (Å²) in [6.07, 6.45) is 1.49. The number of aliphatic hydroxyl groups is 2. The Labute approximate surface area is 217 Å². The number of hydrogen-bond acceptors (Lipinski definition) is 8. The van der Waals surface area contributed by atoms with Gasteiger partial charge in [-0.1, -0.05) is 37.1 Å². The molecule has 1 aromatic heterocycles. The summed E-state index contributed by atoms with van der Waals surface area (Å²) in [6, 6.07) is 11.5. The van der Waals surface area contributed by atoms with Gasteiger partial charge in [-0.15, -0.1) is 0 Å². The zero-order valence-corrected chi connectivity index (χ0v) is 20.7. The van der Waals surface area contributed by atoms with Crippen LogP contribution in [0, 0.1) is 0 Å². The molecule has 1 fully saturated rings. The molecule has 0 spiro atoms. The molecule has 0 bridgehead atoms. The van der Waals surface area contributed by atoms with E-state index in [2.05, 4.69) is 10.3 Å². The number of carbonyl (C=O) groups is 2. The lowest BCUT2D eigenvalue weighted by molar-refractivity contribution is -0.0470. The molecule has 3 aromatic rings. The van der Waals surface area contributed by atoms with Crippen molar-refractivity contribution >= 4 is 22.6 Å². The van der Waals surface area contributed by atoms with E-state index in [0.29, 0.717) is 30.6 Å². The van der Waals surface area contributed by atoms with Gasteiger partial charge < -0.3 is 20.3 Å². The van der Waals surface area contributed by atoms with Crippen LogP contribution in [-0.4, -0.2) is 74.4 Å². The molecule has 1 saturated heterocycles. The quantitative estimate of drug-likeness (QED) is 0.225. The van der Waals surface area contributed by atoms with E-state index in [9.17, 15) is 29.4 Å². The maximum absolute atomic E-state index is 13.0. The summed E-state index contributed by atoms with van der Waals surface area (Å²) in [7, 11) is 0. The molecule has 3 heterocycles. The van der Waals surface area contributed by atoms with Crippen molar-refractivity contribution in [3.63, 3.8) is 0 Å². The summed E-state index contributed by atoms with van der Waals surface area (Å²) in [6.45, 7) is 0.427. The highest BCUT2D eigenvalue weighted by Gasteiger charge is 2.44. The van der Waals surface area contributed by atoms with E-state index >= 15 is 0 Å². The Balaban J connectivity index is 1.12. The molecular formula is C27H30N4O7. The van der Waals surface area contributed by atoms with Gasteiger partial charge in [0, 0.05) is 35.3 Å². The maximum Gasteiger partial charge on any atom is 0.330 e. The summed E-state index contributed by atoms with van der Waals surface area (Å²) in [4.78, 5) is 53.1. The smallest absolute Gasteiger partial charge is 0.330 e. The lowest BCUT2D eigenvalue weighted by atomic mass is 9.94.